The molecule has 0 atom stereocenters. The second-order valence-corrected chi connectivity index (χ2v) is 4.97. The molecule has 3 N–H and O–H groups in total. The van der Waals surface area contributed by atoms with E-state index in [1.54, 1.807) is 12.1 Å². The highest BCUT2D eigenvalue weighted by molar-refractivity contribution is 14.1. The van der Waals surface area contributed by atoms with Gasteiger partial charge in [0.05, 0.1) is 5.56 Å². The minimum atomic E-state index is -0.0797. The van der Waals surface area contributed by atoms with Gasteiger partial charge in [-0.3, -0.25) is 4.79 Å². The average molecular weight is 389 g/mol. The van der Waals surface area contributed by atoms with Gasteiger partial charge in [0, 0.05) is 15.1 Å². The quantitative estimate of drug-likeness (QED) is 0.601. The molecule has 0 aliphatic rings. The Labute approximate surface area is 126 Å². The maximum absolute atomic E-state index is 11.8. The Hall–Kier alpha value is -0.0400. The van der Waals surface area contributed by atoms with E-state index in [9.17, 15) is 4.79 Å². The van der Waals surface area contributed by atoms with Crippen LogP contribution in [0.25, 0.3) is 0 Å². The van der Waals surface area contributed by atoms with Gasteiger partial charge in [-0.15, -0.1) is 12.4 Å². The lowest BCUT2D eigenvalue weighted by Gasteiger charge is -2.06. The molecular formula is C11H15Cl2IN2O. The van der Waals surface area contributed by atoms with Gasteiger partial charge in [0.25, 0.3) is 5.91 Å². The Morgan fingerprint density at radius 3 is 2.76 bits per heavy atom. The number of amides is 1. The topological polar surface area (TPSA) is 55.1 Å². The van der Waals surface area contributed by atoms with Crippen LogP contribution in [0.2, 0.25) is 5.02 Å². The van der Waals surface area contributed by atoms with E-state index in [2.05, 4.69) is 27.9 Å². The summed E-state index contributed by atoms with van der Waals surface area (Å²) in [5.74, 6) is -0.0797. The number of carbonyl (C=O) groups is 1. The van der Waals surface area contributed by atoms with E-state index in [0.717, 1.165) is 16.4 Å². The molecule has 0 aromatic heterocycles. The molecule has 1 aromatic carbocycles. The van der Waals surface area contributed by atoms with Gasteiger partial charge in [-0.25, -0.2) is 0 Å². The zero-order chi connectivity index (χ0) is 12.0. The highest BCUT2D eigenvalue weighted by atomic mass is 127. The van der Waals surface area contributed by atoms with Crippen LogP contribution in [-0.2, 0) is 0 Å². The lowest BCUT2D eigenvalue weighted by atomic mass is 10.2. The monoisotopic (exact) mass is 388 g/mol. The third-order valence-corrected chi connectivity index (χ3v) is 3.27. The van der Waals surface area contributed by atoms with Gasteiger partial charge in [-0.2, -0.15) is 0 Å². The summed E-state index contributed by atoms with van der Waals surface area (Å²) in [5.41, 5.74) is 5.99. The molecule has 0 aliphatic carbocycles. The van der Waals surface area contributed by atoms with Crippen LogP contribution < -0.4 is 11.1 Å². The Morgan fingerprint density at radius 2 is 2.12 bits per heavy atom. The summed E-state index contributed by atoms with van der Waals surface area (Å²) < 4.78 is 0.901. The zero-order valence-corrected chi connectivity index (χ0v) is 12.9. The molecule has 0 heterocycles. The molecule has 1 rings (SSSR count). The van der Waals surface area contributed by atoms with Crippen molar-refractivity contribution < 1.29 is 4.79 Å². The van der Waals surface area contributed by atoms with Crippen LogP contribution in [0.1, 0.15) is 23.2 Å². The molecule has 6 heteroatoms. The highest BCUT2D eigenvalue weighted by Crippen LogP contribution is 2.17. The van der Waals surface area contributed by atoms with Gasteiger partial charge >= 0.3 is 0 Å². The van der Waals surface area contributed by atoms with Gasteiger partial charge in [0.2, 0.25) is 0 Å². The average Bonchev–Trinajstić information content (AvgIpc) is 2.27. The molecule has 0 unspecified atom stereocenters. The third kappa shape index (κ3) is 5.90. The van der Waals surface area contributed by atoms with Crippen LogP contribution in [0.3, 0.4) is 0 Å². The fourth-order valence-electron chi connectivity index (χ4n) is 1.24. The second-order valence-electron chi connectivity index (χ2n) is 3.38. The largest absolute Gasteiger partial charge is 0.352 e. The summed E-state index contributed by atoms with van der Waals surface area (Å²) in [5, 5.41) is 3.42. The maximum Gasteiger partial charge on any atom is 0.252 e. The van der Waals surface area contributed by atoms with Crippen LogP contribution in [-0.4, -0.2) is 19.0 Å². The van der Waals surface area contributed by atoms with E-state index in [1.165, 1.54) is 0 Å². The van der Waals surface area contributed by atoms with E-state index < -0.39 is 0 Å². The van der Waals surface area contributed by atoms with Gasteiger partial charge in [-0.05, 0) is 60.2 Å². The van der Waals surface area contributed by atoms with Crippen LogP contribution in [0.15, 0.2) is 18.2 Å². The van der Waals surface area contributed by atoms with Gasteiger partial charge in [0.15, 0.2) is 0 Å². The summed E-state index contributed by atoms with van der Waals surface area (Å²) in [6.45, 7) is 1.31. The molecule has 17 heavy (non-hydrogen) atoms. The number of nitrogens with one attached hydrogen (secondary N) is 1. The van der Waals surface area contributed by atoms with E-state index in [-0.39, 0.29) is 18.3 Å². The first-order valence-electron chi connectivity index (χ1n) is 5.08. The number of rotatable bonds is 5. The second kappa shape index (κ2) is 8.97. The Balaban J connectivity index is 0.00000256. The number of unbranched alkanes of at least 4 members (excludes halogenated alkanes) is 1. The first kappa shape index (κ1) is 17.0. The molecule has 0 saturated heterocycles. The van der Waals surface area contributed by atoms with Gasteiger partial charge in [-0.1, -0.05) is 11.6 Å². The summed E-state index contributed by atoms with van der Waals surface area (Å²) >= 11 is 7.97. The fraction of sp³-hybridized carbons (Fsp3) is 0.364. The van der Waals surface area contributed by atoms with Crippen molar-refractivity contribution in [3.8, 4) is 0 Å². The summed E-state index contributed by atoms with van der Waals surface area (Å²) in [4.78, 5) is 11.8. The van der Waals surface area contributed by atoms with Crippen LogP contribution in [0, 0.1) is 3.57 Å². The van der Waals surface area contributed by atoms with Crippen molar-refractivity contribution in [3.05, 3.63) is 32.4 Å². The number of halogens is 3. The molecular weight excluding hydrogens is 374 g/mol. The lowest BCUT2D eigenvalue weighted by molar-refractivity contribution is 0.0952. The summed E-state index contributed by atoms with van der Waals surface area (Å²) in [7, 11) is 0. The molecule has 0 fully saturated rings. The standard InChI is InChI=1S/C11H14ClIN2O.ClH/c12-8-3-4-10(13)9(7-8)11(16)15-6-2-1-5-14;/h3-4,7H,1-2,5-6,14H2,(H,15,16);1H. The molecule has 96 valence electrons. The molecule has 1 aromatic rings. The molecule has 0 saturated carbocycles. The van der Waals surface area contributed by atoms with E-state index in [1.807, 2.05) is 6.07 Å². The van der Waals surface area contributed by atoms with E-state index in [4.69, 9.17) is 17.3 Å². The maximum atomic E-state index is 11.8. The molecule has 0 bridgehead atoms. The smallest absolute Gasteiger partial charge is 0.252 e. The fourth-order valence-corrected chi connectivity index (χ4v) is 1.99. The lowest BCUT2D eigenvalue weighted by Crippen LogP contribution is -2.25. The number of hydrogen-bond donors (Lipinski definition) is 2. The predicted octanol–water partition coefficient (Wildman–Crippen LogP) is 2.84. The predicted molar refractivity (Wildman–Crippen MR) is 82.0 cm³/mol. The van der Waals surface area contributed by atoms with Crippen molar-refractivity contribution in [1.82, 2.24) is 5.32 Å². The number of nitrogens with two attached hydrogens (primary N) is 1. The minimum absolute atomic E-state index is 0. The summed E-state index contributed by atoms with van der Waals surface area (Å²) in [6, 6.07) is 5.29. The van der Waals surface area contributed by atoms with Crippen LogP contribution in [0.4, 0.5) is 0 Å². The van der Waals surface area contributed by atoms with Crippen molar-refractivity contribution in [2.24, 2.45) is 5.73 Å². The Bertz CT molecular complexity index is 374. The highest BCUT2D eigenvalue weighted by Gasteiger charge is 2.09. The first-order valence-corrected chi connectivity index (χ1v) is 6.54. The first-order chi connectivity index (χ1) is 7.65. The van der Waals surface area contributed by atoms with Crippen LogP contribution in [0.5, 0.6) is 0 Å². The molecule has 0 aliphatic heterocycles. The van der Waals surface area contributed by atoms with Crippen molar-refractivity contribution in [2.45, 2.75) is 12.8 Å². The minimum Gasteiger partial charge on any atom is -0.352 e. The van der Waals surface area contributed by atoms with Crippen molar-refractivity contribution in [2.75, 3.05) is 13.1 Å². The molecule has 0 radical (unpaired) electrons. The van der Waals surface area contributed by atoms with Gasteiger partial charge in [0.1, 0.15) is 0 Å². The third-order valence-electron chi connectivity index (χ3n) is 2.09. The molecule has 3 nitrogen and oxygen atoms in total. The van der Waals surface area contributed by atoms with Crippen molar-refractivity contribution in [3.63, 3.8) is 0 Å². The van der Waals surface area contributed by atoms with E-state index in [0.29, 0.717) is 23.7 Å². The zero-order valence-electron chi connectivity index (χ0n) is 9.21. The number of benzene rings is 1. The van der Waals surface area contributed by atoms with Gasteiger partial charge < -0.3 is 11.1 Å². The number of carbonyl (C=O) groups excluding carboxylic acids is 1. The SMILES string of the molecule is Cl.NCCCCNC(=O)c1cc(Cl)ccc1I. The number of hydrogen-bond acceptors (Lipinski definition) is 2. The normalized spacial score (nSPS) is 9.59. The molecule has 1 amide bonds. The molecule has 0 spiro atoms. The summed E-state index contributed by atoms with van der Waals surface area (Å²) in [6.07, 6.45) is 1.83. The Kier molecular flexibility index (Phi) is 8.94. The Morgan fingerprint density at radius 1 is 1.41 bits per heavy atom. The van der Waals surface area contributed by atoms with E-state index >= 15 is 0 Å². The van der Waals surface area contributed by atoms with Crippen molar-refractivity contribution in [1.29, 1.82) is 0 Å². The van der Waals surface area contributed by atoms with Crippen molar-refractivity contribution >= 4 is 52.5 Å². The van der Waals surface area contributed by atoms with Crippen LogP contribution >= 0.6 is 46.6 Å².